The fraction of sp³-hybridized carbons (Fsp3) is 0.522. The van der Waals surface area contributed by atoms with Crippen LogP contribution in [0, 0.1) is 0 Å². The van der Waals surface area contributed by atoms with E-state index in [1.165, 1.54) is 0 Å². The second kappa shape index (κ2) is 7.15. The van der Waals surface area contributed by atoms with E-state index in [4.69, 9.17) is 4.74 Å². The van der Waals surface area contributed by atoms with Crippen LogP contribution in [-0.4, -0.2) is 69.4 Å². The first-order chi connectivity index (χ1) is 14.1. The van der Waals surface area contributed by atoms with Crippen LogP contribution in [0.5, 0.6) is 0 Å². The van der Waals surface area contributed by atoms with Gasteiger partial charge in [-0.25, -0.2) is 9.59 Å². The lowest BCUT2D eigenvalue weighted by atomic mass is 9.91. The monoisotopic (exact) mass is 411 g/mol. The molecule has 3 aliphatic rings. The molecule has 0 radical (unpaired) electrons. The van der Waals surface area contributed by atoms with E-state index in [2.05, 4.69) is 0 Å². The number of urea groups is 1. The molecule has 0 aromatic heterocycles. The topological polar surface area (TPSA) is 70.2 Å². The quantitative estimate of drug-likeness (QED) is 0.700. The molecule has 0 spiro atoms. The summed E-state index contributed by atoms with van der Waals surface area (Å²) in [6.45, 7) is 7.44. The smallest absolute Gasteiger partial charge is 0.411 e. The maximum absolute atomic E-state index is 13.3. The summed E-state index contributed by atoms with van der Waals surface area (Å²) in [7, 11) is 1.76. The van der Waals surface area contributed by atoms with Gasteiger partial charge in [-0.2, -0.15) is 0 Å². The molecule has 2 fully saturated rings. The molecule has 4 rings (SSSR count). The zero-order valence-corrected chi connectivity index (χ0v) is 18.1. The minimum atomic E-state index is -0.738. The highest BCUT2D eigenvalue weighted by Crippen LogP contribution is 2.41. The Morgan fingerprint density at radius 2 is 1.73 bits per heavy atom. The first kappa shape index (κ1) is 20.4. The highest BCUT2D eigenvalue weighted by Gasteiger charge is 2.55. The Labute approximate surface area is 177 Å². The predicted molar refractivity (Wildman–Crippen MR) is 112 cm³/mol. The minimum Gasteiger partial charge on any atom is -0.444 e. The number of ketones is 1. The number of piperidine rings is 1. The zero-order chi connectivity index (χ0) is 21.8. The molecule has 3 aliphatic heterocycles. The Morgan fingerprint density at radius 3 is 2.37 bits per heavy atom. The Hall–Kier alpha value is -2.83. The fourth-order valence-corrected chi connectivity index (χ4v) is 4.78. The van der Waals surface area contributed by atoms with Crippen molar-refractivity contribution in [3.8, 4) is 0 Å². The van der Waals surface area contributed by atoms with Crippen molar-refractivity contribution in [3.63, 3.8) is 0 Å². The molecular formula is C23H29N3O4. The third-order valence-electron chi connectivity index (χ3n) is 6.21. The first-order valence-corrected chi connectivity index (χ1v) is 10.4. The largest absolute Gasteiger partial charge is 0.444 e. The number of hydrogen-bond acceptors (Lipinski definition) is 4. The molecule has 7 heteroatoms. The van der Waals surface area contributed by atoms with Crippen LogP contribution in [-0.2, 0) is 9.53 Å². The van der Waals surface area contributed by atoms with Gasteiger partial charge >= 0.3 is 12.1 Å². The molecule has 7 nitrogen and oxygen atoms in total. The predicted octanol–water partition coefficient (Wildman–Crippen LogP) is 3.37. The Morgan fingerprint density at radius 1 is 1.07 bits per heavy atom. The highest BCUT2D eigenvalue weighted by molar-refractivity contribution is 5.94. The van der Waals surface area contributed by atoms with Crippen molar-refractivity contribution < 1.29 is 19.1 Å². The lowest BCUT2D eigenvalue weighted by molar-refractivity contribution is -0.129. The lowest BCUT2D eigenvalue weighted by Gasteiger charge is -2.44. The number of rotatable bonds is 2. The standard InChI is InChI=1S/C23H29N3O4/c1-14-19(15-9-7-6-8-10-15)26(21(28)24(14)5)20-17-12-11-16(13-18(20)27)25(17)22(29)30-23(2,3)4/h6-12,14,16-17,19-20H,13H2,1-5H3/t14-,16+,17-,19-,20+/m1/s1. The van der Waals surface area contributed by atoms with Gasteiger partial charge in [-0.1, -0.05) is 42.5 Å². The van der Waals surface area contributed by atoms with Gasteiger partial charge in [-0.15, -0.1) is 0 Å². The fourth-order valence-electron chi connectivity index (χ4n) is 4.78. The van der Waals surface area contributed by atoms with E-state index < -0.39 is 23.8 Å². The number of nitrogens with zero attached hydrogens (tertiary/aromatic N) is 3. The van der Waals surface area contributed by atoms with Crippen molar-refractivity contribution in [2.24, 2.45) is 0 Å². The summed E-state index contributed by atoms with van der Waals surface area (Å²) in [5.74, 6) is -0.0217. The van der Waals surface area contributed by atoms with Crippen LogP contribution in [0.15, 0.2) is 42.5 Å². The van der Waals surface area contributed by atoms with Crippen LogP contribution in [0.25, 0.3) is 0 Å². The van der Waals surface area contributed by atoms with Crippen molar-refractivity contribution in [2.45, 2.75) is 69.9 Å². The molecule has 1 aromatic rings. The Kier molecular flexibility index (Phi) is 4.87. The molecule has 3 amide bonds. The number of amides is 3. The van der Waals surface area contributed by atoms with Gasteiger partial charge in [0.15, 0.2) is 5.78 Å². The van der Waals surface area contributed by atoms with Gasteiger partial charge < -0.3 is 14.5 Å². The summed E-state index contributed by atoms with van der Waals surface area (Å²) in [6, 6.07) is 7.59. The summed E-state index contributed by atoms with van der Waals surface area (Å²) in [5.41, 5.74) is 0.335. The molecule has 3 heterocycles. The molecule has 0 N–H and O–H groups in total. The number of likely N-dealkylation sites (N-methyl/N-ethyl adjacent to an activating group) is 1. The number of ether oxygens (including phenoxy) is 1. The zero-order valence-electron chi connectivity index (χ0n) is 18.1. The van der Waals surface area contributed by atoms with Crippen LogP contribution in [0.2, 0.25) is 0 Å². The lowest BCUT2D eigenvalue weighted by Crippen LogP contribution is -2.62. The van der Waals surface area contributed by atoms with Crippen LogP contribution in [0.4, 0.5) is 9.59 Å². The summed E-state index contributed by atoms with van der Waals surface area (Å²) < 4.78 is 5.61. The van der Waals surface area contributed by atoms with Gasteiger partial charge in [-0.05, 0) is 33.3 Å². The van der Waals surface area contributed by atoms with E-state index in [0.29, 0.717) is 0 Å². The summed E-state index contributed by atoms with van der Waals surface area (Å²) >= 11 is 0. The molecule has 0 unspecified atom stereocenters. The maximum atomic E-state index is 13.3. The maximum Gasteiger partial charge on any atom is 0.411 e. The third-order valence-corrected chi connectivity index (χ3v) is 6.21. The molecule has 5 atom stereocenters. The van der Waals surface area contributed by atoms with Gasteiger partial charge in [0.1, 0.15) is 11.6 Å². The van der Waals surface area contributed by atoms with E-state index in [0.717, 1.165) is 5.56 Å². The average Bonchev–Trinajstić information content (AvgIpc) is 3.11. The Bertz CT molecular complexity index is 891. The average molecular weight is 412 g/mol. The highest BCUT2D eigenvalue weighted by atomic mass is 16.6. The molecule has 2 saturated heterocycles. The van der Waals surface area contributed by atoms with E-state index in [9.17, 15) is 14.4 Å². The van der Waals surface area contributed by atoms with Gasteiger partial charge in [0.25, 0.3) is 0 Å². The number of fused-ring (bicyclic) bond motifs is 2. The van der Waals surface area contributed by atoms with Crippen molar-refractivity contribution >= 4 is 17.9 Å². The van der Waals surface area contributed by atoms with E-state index in [-0.39, 0.29) is 36.4 Å². The van der Waals surface area contributed by atoms with Crippen LogP contribution in [0.3, 0.4) is 0 Å². The minimum absolute atomic E-state index is 0.0217. The van der Waals surface area contributed by atoms with Gasteiger partial charge in [0.2, 0.25) is 0 Å². The number of carbonyl (C=O) groups excluding carboxylic acids is 3. The van der Waals surface area contributed by atoms with Crippen molar-refractivity contribution in [3.05, 3.63) is 48.0 Å². The van der Waals surface area contributed by atoms with Crippen molar-refractivity contribution in [1.29, 1.82) is 0 Å². The molecule has 1 aromatic carbocycles. The van der Waals surface area contributed by atoms with Crippen molar-refractivity contribution in [1.82, 2.24) is 14.7 Å². The molecule has 30 heavy (non-hydrogen) atoms. The van der Waals surface area contributed by atoms with Crippen molar-refractivity contribution in [2.75, 3.05) is 7.05 Å². The Balaban J connectivity index is 1.72. The molecule has 2 bridgehead atoms. The van der Waals surface area contributed by atoms with Gasteiger partial charge in [-0.3, -0.25) is 9.69 Å². The number of benzene rings is 1. The number of hydrogen-bond donors (Lipinski definition) is 0. The van der Waals surface area contributed by atoms with Gasteiger partial charge in [0.05, 0.1) is 24.2 Å². The number of carbonyl (C=O) groups is 3. The van der Waals surface area contributed by atoms with Crippen LogP contribution < -0.4 is 0 Å². The second-order valence-corrected chi connectivity index (χ2v) is 9.34. The summed E-state index contributed by atoms with van der Waals surface area (Å²) in [5, 5.41) is 0. The first-order valence-electron chi connectivity index (χ1n) is 10.4. The SMILES string of the molecule is C[C@@H]1[C@H](c2ccccc2)N([C@@H]2C(=O)C[C@@H]3C=C[C@H]2N3C(=O)OC(C)(C)C)C(=O)N1C. The van der Waals surface area contributed by atoms with E-state index >= 15 is 0 Å². The number of Topliss-reactive ketones (excluding diaryl/α,β-unsaturated/α-hetero) is 1. The molecular weight excluding hydrogens is 382 g/mol. The van der Waals surface area contributed by atoms with E-state index in [1.54, 1.807) is 21.7 Å². The summed E-state index contributed by atoms with van der Waals surface area (Å²) in [4.78, 5) is 44.4. The molecule has 0 saturated carbocycles. The van der Waals surface area contributed by atoms with Gasteiger partial charge in [0, 0.05) is 13.5 Å². The molecule has 0 aliphatic carbocycles. The normalized spacial score (nSPS) is 31.0. The molecule has 160 valence electrons. The van der Waals surface area contributed by atoms with Crippen LogP contribution >= 0.6 is 0 Å². The second-order valence-electron chi connectivity index (χ2n) is 9.34. The summed E-state index contributed by atoms with van der Waals surface area (Å²) in [6.07, 6.45) is 3.49. The van der Waals surface area contributed by atoms with E-state index in [1.807, 2.05) is 70.2 Å². The third kappa shape index (κ3) is 3.26. The van der Waals surface area contributed by atoms with Crippen LogP contribution in [0.1, 0.15) is 45.7 Å².